The summed E-state index contributed by atoms with van der Waals surface area (Å²) in [6.45, 7) is 0.937. The highest BCUT2D eigenvalue weighted by molar-refractivity contribution is 5.94. The number of nitrogens with zero attached hydrogens (tertiary/aromatic N) is 3. The zero-order chi connectivity index (χ0) is 19.0. The van der Waals surface area contributed by atoms with Crippen molar-refractivity contribution in [3.8, 4) is 0 Å². The Kier molecular flexibility index (Phi) is 4.43. The molecule has 0 spiro atoms. The number of rotatable bonds is 3. The first-order chi connectivity index (χ1) is 13.0. The maximum atomic E-state index is 13.4. The van der Waals surface area contributed by atoms with Crippen LogP contribution in [-0.4, -0.2) is 33.3 Å². The maximum Gasteiger partial charge on any atom is 0.270 e. The lowest BCUT2D eigenvalue weighted by Gasteiger charge is -2.16. The quantitative estimate of drug-likeness (QED) is 0.713. The van der Waals surface area contributed by atoms with Gasteiger partial charge < -0.3 is 4.90 Å². The van der Waals surface area contributed by atoms with Crippen LogP contribution in [0, 0.1) is 17.6 Å². The van der Waals surface area contributed by atoms with E-state index in [1.54, 1.807) is 29.3 Å². The second kappa shape index (κ2) is 6.90. The highest BCUT2D eigenvalue weighted by atomic mass is 19.1. The second-order valence-corrected chi connectivity index (χ2v) is 6.79. The van der Waals surface area contributed by atoms with E-state index in [2.05, 4.69) is 4.98 Å². The van der Waals surface area contributed by atoms with Crippen molar-refractivity contribution < 1.29 is 13.6 Å². The van der Waals surface area contributed by atoms with Gasteiger partial charge in [0.15, 0.2) is 0 Å². The summed E-state index contributed by atoms with van der Waals surface area (Å²) in [5.74, 6) is -1.48. The van der Waals surface area contributed by atoms with Crippen molar-refractivity contribution in [3.63, 3.8) is 0 Å². The topological polar surface area (TPSA) is 54.7 Å². The van der Waals surface area contributed by atoms with Gasteiger partial charge >= 0.3 is 0 Å². The third kappa shape index (κ3) is 3.45. The van der Waals surface area contributed by atoms with Crippen LogP contribution in [0.25, 0.3) is 5.65 Å². The number of carbonyl (C=O) groups is 1. The molecule has 1 aliphatic rings. The van der Waals surface area contributed by atoms with E-state index in [-0.39, 0.29) is 17.4 Å². The van der Waals surface area contributed by atoms with Gasteiger partial charge in [0, 0.05) is 31.5 Å². The summed E-state index contributed by atoms with van der Waals surface area (Å²) in [7, 11) is 0. The molecule has 1 fully saturated rings. The normalized spacial score (nSPS) is 16.8. The van der Waals surface area contributed by atoms with Gasteiger partial charge in [-0.05, 0) is 48.6 Å². The van der Waals surface area contributed by atoms with E-state index in [0.29, 0.717) is 37.1 Å². The Morgan fingerprint density at radius 3 is 2.74 bits per heavy atom. The van der Waals surface area contributed by atoms with Gasteiger partial charge in [-0.1, -0.05) is 6.07 Å². The van der Waals surface area contributed by atoms with E-state index >= 15 is 0 Å². The minimum atomic E-state index is -0.605. The van der Waals surface area contributed by atoms with E-state index in [4.69, 9.17) is 0 Å². The molecule has 4 rings (SSSR count). The summed E-state index contributed by atoms with van der Waals surface area (Å²) in [6.07, 6.45) is 4.08. The first-order valence-corrected chi connectivity index (χ1v) is 8.72. The molecule has 0 radical (unpaired) electrons. The van der Waals surface area contributed by atoms with Gasteiger partial charge in [0.1, 0.15) is 22.8 Å². The molecule has 0 aliphatic carbocycles. The summed E-state index contributed by atoms with van der Waals surface area (Å²) in [4.78, 5) is 31.1. The van der Waals surface area contributed by atoms with Crippen molar-refractivity contribution in [1.82, 2.24) is 14.3 Å². The van der Waals surface area contributed by atoms with Crippen LogP contribution in [0.1, 0.15) is 22.3 Å². The molecule has 1 atom stereocenters. The van der Waals surface area contributed by atoms with Crippen molar-refractivity contribution in [2.75, 3.05) is 13.1 Å². The van der Waals surface area contributed by atoms with Crippen molar-refractivity contribution in [3.05, 3.63) is 81.9 Å². The number of hydrogen-bond acceptors (Lipinski definition) is 3. The van der Waals surface area contributed by atoms with Gasteiger partial charge in [-0.25, -0.2) is 13.8 Å². The van der Waals surface area contributed by atoms with Crippen LogP contribution in [0.2, 0.25) is 0 Å². The van der Waals surface area contributed by atoms with Gasteiger partial charge in [0.05, 0.1) is 0 Å². The number of carbonyl (C=O) groups excluding carboxylic acids is 1. The van der Waals surface area contributed by atoms with Gasteiger partial charge in [0.25, 0.3) is 11.5 Å². The minimum Gasteiger partial charge on any atom is -0.338 e. The van der Waals surface area contributed by atoms with Gasteiger partial charge in [0.2, 0.25) is 0 Å². The summed E-state index contributed by atoms with van der Waals surface area (Å²) < 4.78 is 28.0. The third-order valence-electron chi connectivity index (χ3n) is 4.86. The van der Waals surface area contributed by atoms with Crippen LogP contribution in [-0.2, 0) is 6.42 Å². The molecular weight excluding hydrogens is 352 g/mol. The number of likely N-dealkylation sites (tertiary alicyclic amines) is 1. The number of benzene rings is 1. The Labute approximate surface area is 153 Å². The molecule has 2 aromatic heterocycles. The summed E-state index contributed by atoms with van der Waals surface area (Å²) in [5, 5.41) is 0. The first kappa shape index (κ1) is 17.3. The molecule has 0 N–H and O–H groups in total. The van der Waals surface area contributed by atoms with Gasteiger partial charge in [-0.3, -0.25) is 14.0 Å². The summed E-state index contributed by atoms with van der Waals surface area (Å²) in [5.41, 5.74) is 0.670. The van der Waals surface area contributed by atoms with Crippen LogP contribution in [0.4, 0.5) is 8.78 Å². The van der Waals surface area contributed by atoms with Crippen LogP contribution in [0.5, 0.6) is 0 Å². The van der Waals surface area contributed by atoms with Crippen molar-refractivity contribution in [2.24, 2.45) is 5.92 Å². The Hall–Kier alpha value is -3.09. The van der Waals surface area contributed by atoms with E-state index in [0.717, 1.165) is 6.07 Å². The molecule has 1 aliphatic heterocycles. The smallest absolute Gasteiger partial charge is 0.270 e. The highest BCUT2D eigenvalue weighted by Gasteiger charge is 2.29. The molecule has 1 unspecified atom stereocenters. The molecule has 0 bridgehead atoms. The molecule has 7 heteroatoms. The number of aromatic nitrogens is 2. The molecule has 27 heavy (non-hydrogen) atoms. The van der Waals surface area contributed by atoms with Crippen LogP contribution < -0.4 is 5.56 Å². The van der Waals surface area contributed by atoms with Crippen LogP contribution >= 0.6 is 0 Å². The van der Waals surface area contributed by atoms with Crippen molar-refractivity contribution >= 4 is 11.6 Å². The molecule has 1 saturated heterocycles. The molecule has 3 heterocycles. The Morgan fingerprint density at radius 2 is 1.96 bits per heavy atom. The number of amides is 1. The standard InChI is InChI=1S/C20H17F2N3O2/c21-15-8-14(9-16(22)10-15)7-13-4-6-24(12-13)19(26)17-11-23-18-3-1-2-5-25(18)20(17)27/h1-3,5,8-11,13H,4,6-7,12H2. The molecule has 138 valence electrons. The molecular formula is C20H17F2N3O2. The Morgan fingerprint density at radius 1 is 1.19 bits per heavy atom. The fraction of sp³-hybridized carbons (Fsp3) is 0.250. The summed E-state index contributed by atoms with van der Waals surface area (Å²) in [6, 6.07) is 8.63. The van der Waals surface area contributed by atoms with Crippen molar-refractivity contribution in [2.45, 2.75) is 12.8 Å². The first-order valence-electron chi connectivity index (χ1n) is 8.72. The lowest BCUT2D eigenvalue weighted by atomic mass is 9.98. The molecule has 3 aromatic rings. The largest absolute Gasteiger partial charge is 0.338 e. The lowest BCUT2D eigenvalue weighted by molar-refractivity contribution is 0.0784. The fourth-order valence-corrected chi connectivity index (χ4v) is 3.59. The Balaban J connectivity index is 1.51. The molecule has 5 nitrogen and oxygen atoms in total. The van der Waals surface area contributed by atoms with E-state index < -0.39 is 17.2 Å². The maximum absolute atomic E-state index is 13.4. The fourth-order valence-electron chi connectivity index (χ4n) is 3.59. The van der Waals surface area contributed by atoms with Crippen molar-refractivity contribution in [1.29, 1.82) is 0 Å². The number of hydrogen-bond donors (Lipinski definition) is 0. The third-order valence-corrected chi connectivity index (χ3v) is 4.86. The van der Waals surface area contributed by atoms with Gasteiger partial charge in [-0.15, -0.1) is 0 Å². The number of halogens is 2. The monoisotopic (exact) mass is 369 g/mol. The predicted molar refractivity (Wildman–Crippen MR) is 95.5 cm³/mol. The highest BCUT2D eigenvalue weighted by Crippen LogP contribution is 2.23. The minimum absolute atomic E-state index is 0.0242. The number of pyridine rings is 1. The zero-order valence-electron chi connectivity index (χ0n) is 14.4. The average molecular weight is 369 g/mol. The lowest BCUT2D eigenvalue weighted by Crippen LogP contribution is -2.34. The van der Waals surface area contributed by atoms with Crippen LogP contribution in [0.3, 0.4) is 0 Å². The molecule has 1 amide bonds. The van der Waals surface area contributed by atoms with Crippen LogP contribution in [0.15, 0.2) is 53.6 Å². The summed E-state index contributed by atoms with van der Waals surface area (Å²) >= 11 is 0. The Bertz CT molecular complexity index is 1060. The van der Waals surface area contributed by atoms with Gasteiger partial charge in [-0.2, -0.15) is 0 Å². The average Bonchev–Trinajstić information content (AvgIpc) is 3.09. The molecule has 1 aromatic carbocycles. The van der Waals surface area contributed by atoms with E-state index in [1.807, 2.05) is 0 Å². The second-order valence-electron chi connectivity index (χ2n) is 6.79. The predicted octanol–water partition coefficient (Wildman–Crippen LogP) is 2.68. The SMILES string of the molecule is O=C(c1cnc2ccccn2c1=O)N1CCC(Cc2cc(F)cc(F)c2)C1. The van der Waals surface area contributed by atoms with E-state index in [1.165, 1.54) is 22.7 Å². The number of fused-ring (bicyclic) bond motifs is 1. The zero-order valence-corrected chi connectivity index (χ0v) is 14.4. The molecule has 0 saturated carbocycles. The van der Waals surface area contributed by atoms with E-state index in [9.17, 15) is 18.4 Å².